The molecule has 0 fully saturated rings. The van der Waals surface area contributed by atoms with Gasteiger partial charge in [0, 0.05) is 0 Å². The minimum absolute atomic E-state index is 0.747. The van der Waals surface area contributed by atoms with Crippen LogP contribution in [-0.4, -0.2) is 29.6 Å². The van der Waals surface area contributed by atoms with Crippen molar-refractivity contribution in [2.45, 2.75) is 72.6 Å². The molecule has 1 rings (SSSR count). The molecule has 0 amide bonds. The first kappa shape index (κ1) is 18.7. The molecule has 21 heavy (non-hydrogen) atoms. The first-order chi connectivity index (χ1) is 10.2. The average Bonchev–Trinajstić information content (AvgIpc) is 2.54. The van der Waals surface area contributed by atoms with Gasteiger partial charge in [-0.3, -0.25) is 0 Å². The standard InChI is InChI=1S/C6H4NO.3C4H9.Sn/c8-5-6-3-1-2-4-7-6;3*1-3-4-2;/h1-2,4-5H;3*1,3-4H2,2H3;. The molecule has 0 aromatic carbocycles. The maximum atomic E-state index is 11.5. The van der Waals surface area contributed by atoms with E-state index in [2.05, 4.69) is 31.8 Å². The molecule has 1 heterocycles. The van der Waals surface area contributed by atoms with Gasteiger partial charge in [0.05, 0.1) is 0 Å². The fraction of sp³-hybridized carbons (Fsp3) is 0.667. The van der Waals surface area contributed by atoms with Gasteiger partial charge in [-0.15, -0.1) is 0 Å². The molecule has 2 nitrogen and oxygen atoms in total. The van der Waals surface area contributed by atoms with Gasteiger partial charge in [-0.05, 0) is 0 Å². The quantitative estimate of drug-likeness (QED) is 0.392. The monoisotopic (exact) mass is 397 g/mol. The zero-order valence-corrected chi connectivity index (χ0v) is 16.9. The van der Waals surface area contributed by atoms with Crippen molar-refractivity contribution in [1.82, 2.24) is 4.98 Å². The summed E-state index contributed by atoms with van der Waals surface area (Å²) in [7, 11) is 0. The van der Waals surface area contributed by atoms with Crippen molar-refractivity contribution in [3.8, 4) is 0 Å². The Morgan fingerprint density at radius 1 is 1.00 bits per heavy atom. The summed E-state index contributed by atoms with van der Waals surface area (Å²) >= 11 is -2.48. The molecule has 0 aliphatic carbocycles. The van der Waals surface area contributed by atoms with E-state index in [1.807, 2.05) is 6.07 Å². The molecule has 0 spiro atoms. The van der Waals surface area contributed by atoms with Crippen molar-refractivity contribution in [3.63, 3.8) is 0 Å². The van der Waals surface area contributed by atoms with Crippen LogP contribution < -0.4 is 3.58 Å². The molecular formula is C18H31NOSn. The molecular weight excluding hydrogens is 365 g/mol. The molecule has 0 radical (unpaired) electrons. The Kier molecular flexibility index (Phi) is 9.21. The van der Waals surface area contributed by atoms with Crippen LogP contribution in [0.1, 0.15) is 69.8 Å². The van der Waals surface area contributed by atoms with Crippen LogP contribution >= 0.6 is 0 Å². The number of nitrogens with zero attached hydrogens (tertiary/aromatic N) is 1. The van der Waals surface area contributed by atoms with Crippen LogP contribution in [0.3, 0.4) is 0 Å². The molecule has 1 aromatic heterocycles. The number of aromatic nitrogens is 1. The number of hydrogen-bond donors (Lipinski definition) is 0. The van der Waals surface area contributed by atoms with E-state index < -0.39 is 18.4 Å². The molecule has 118 valence electrons. The third kappa shape index (κ3) is 5.39. The van der Waals surface area contributed by atoms with Crippen LogP contribution in [0.25, 0.3) is 0 Å². The van der Waals surface area contributed by atoms with Crippen molar-refractivity contribution in [3.05, 3.63) is 24.0 Å². The summed E-state index contributed by atoms with van der Waals surface area (Å²) < 4.78 is 5.56. The number of pyridine rings is 1. The summed E-state index contributed by atoms with van der Waals surface area (Å²) in [5.41, 5.74) is 0.747. The van der Waals surface area contributed by atoms with E-state index in [1.54, 1.807) is 6.20 Å². The Bertz CT molecular complexity index is 398. The van der Waals surface area contributed by atoms with E-state index in [0.29, 0.717) is 0 Å². The molecule has 0 atom stereocenters. The fourth-order valence-corrected chi connectivity index (χ4v) is 19.7. The number of hydrogen-bond acceptors (Lipinski definition) is 2. The minimum atomic E-state index is -2.48. The van der Waals surface area contributed by atoms with Crippen LogP contribution in [0.4, 0.5) is 0 Å². The first-order valence-electron chi connectivity index (χ1n) is 8.64. The van der Waals surface area contributed by atoms with E-state index in [-0.39, 0.29) is 0 Å². The van der Waals surface area contributed by atoms with E-state index in [1.165, 1.54) is 55.4 Å². The predicted molar refractivity (Wildman–Crippen MR) is 94.2 cm³/mol. The molecule has 1 aromatic rings. The van der Waals surface area contributed by atoms with Gasteiger partial charge >= 0.3 is 135 Å². The number of carbonyl (C=O) groups is 1. The Labute approximate surface area is 134 Å². The molecule has 0 bridgehead atoms. The summed E-state index contributed by atoms with van der Waals surface area (Å²) in [5, 5.41) is 0. The van der Waals surface area contributed by atoms with E-state index in [9.17, 15) is 4.79 Å². The van der Waals surface area contributed by atoms with E-state index in [4.69, 9.17) is 0 Å². The van der Waals surface area contributed by atoms with Gasteiger partial charge in [-0.25, -0.2) is 0 Å². The Morgan fingerprint density at radius 2 is 1.52 bits per heavy atom. The molecule has 3 heteroatoms. The summed E-state index contributed by atoms with van der Waals surface area (Å²) in [4.78, 5) is 15.8. The maximum absolute atomic E-state index is 11.5. The molecule has 0 aliphatic rings. The second-order valence-corrected chi connectivity index (χ2v) is 19.3. The van der Waals surface area contributed by atoms with E-state index in [0.717, 1.165) is 12.0 Å². The van der Waals surface area contributed by atoms with Crippen molar-refractivity contribution < 1.29 is 4.79 Å². The number of aldehydes is 1. The van der Waals surface area contributed by atoms with Crippen molar-refractivity contribution >= 4 is 28.2 Å². The van der Waals surface area contributed by atoms with Gasteiger partial charge < -0.3 is 0 Å². The van der Waals surface area contributed by atoms with E-state index >= 15 is 0 Å². The summed E-state index contributed by atoms with van der Waals surface area (Å²) in [5.74, 6) is 0. The Balaban J connectivity index is 3.19. The molecule has 0 N–H and O–H groups in total. The van der Waals surface area contributed by atoms with Gasteiger partial charge in [0.1, 0.15) is 0 Å². The van der Waals surface area contributed by atoms with Crippen LogP contribution in [0.5, 0.6) is 0 Å². The molecule has 0 saturated heterocycles. The third-order valence-electron chi connectivity index (χ3n) is 4.55. The zero-order valence-electron chi connectivity index (χ0n) is 14.0. The molecule has 0 aliphatic heterocycles. The van der Waals surface area contributed by atoms with Crippen LogP contribution in [0.15, 0.2) is 18.3 Å². The van der Waals surface area contributed by atoms with Crippen LogP contribution in [0, 0.1) is 0 Å². The number of unbranched alkanes of at least 4 members (excludes halogenated alkanes) is 3. The first-order valence-corrected chi connectivity index (χ1v) is 16.1. The predicted octanol–water partition coefficient (Wildman–Crippen LogP) is 4.95. The van der Waals surface area contributed by atoms with Crippen molar-refractivity contribution in [2.24, 2.45) is 0 Å². The second-order valence-electron chi connectivity index (χ2n) is 6.15. The van der Waals surface area contributed by atoms with Gasteiger partial charge in [-0.2, -0.15) is 0 Å². The normalized spacial score (nSPS) is 11.6. The van der Waals surface area contributed by atoms with Crippen LogP contribution in [0.2, 0.25) is 13.3 Å². The van der Waals surface area contributed by atoms with Crippen LogP contribution in [-0.2, 0) is 0 Å². The fourth-order valence-electron chi connectivity index (χ4n) is 3.28. The summed E-state index contributed by atoms with van der Waals surface area (Å²) in [6.07, 6.45) is 10.5. The van der Waals surface area contributed by atoms with Crippen molar-refractivity contribution in [1.29, 1.82) is 0 Å². The molecule has 0 unspecified atom stereocenters. The summed E-state index contributed by atoms with van der Waals surface area (Å²) in [6.45, 7) is 6.83. The second kappa shape index (κ2) is 10.4. The number of carbonyl (C=O) groups excluding carboxylic acids is 1. The number of rotatable bonds is 11. The molecule has 0 saturated carbocycles. The Hall–Kier alpha value is -0.381. The summed E-state index contributed by atoms with van der Waals surface area (Å²) in [6, 6.07) is 4.27. The topological polar surface area (TPSA) is 30.0 Å². The Morgan fingerprint density at radius 3 is 1.95 bits per heavy atom. The van der Waals surface area contributed by atoms with Gasteiger partial charge in [-0.1, -0.05) is 0 Å². The van der Waals surface area contributed by atoms with Gasteiger partial charge in [0.15, 0.2) is 0 Å². The third-order valence-corrected chi connectivity index (χ3v) is 20.2. The SMILES string of the molecule is CCC[CH2][Sn]([CH2]CCC)([CH2]CCC)[c]1cccnc1C=O. The average molecular weight is 396 g/mol. The van der Waals surface area contributed by atoms with Gasteiger partial charge in [0.2, 0.25) is 0 Å². The van der Waals surface area contributed by atoms with Gasteiger partial charge in [0.25, 0.3) is 0 Å². The van der Waals surface area contributed by atoms with Crippen molar-refractivity contribution in [2.75, 3.05) is 0 Å². The zero-order chi connectivity index (χ0) is 15.6.